The van der Waals surface area contributed by atoms with Gasteiger partial charge in [0.1, 0.15) is 19.2 Å². The van der Waals surface area contributed by atoms with E-state index in [4.69, 9.17) is 0 Å². The number of aromatic nitrogens is 3. The Labute approximate surface area is 130 Å². The van der Waals surface area contributed by atoms with E-state index < -0.39 is 30.0 Å². The smallest absolute Gasteiger partial charge is 0.351 e. The van der Waals surface area contributed by atoms with E-state index in [1.165, 1.54) is 17.3 Å². The Hall–Kier alpha value is -2.13. The van der Waals surface area contributed by atoms with Gasteiger partial charge >= 0.3 is 6.18 Å². The van der Waals surface area contributed by atoms with Crippen LogP contribution in [0.2, 0.25) is 0 Å². The first kappa shape index (κ1) is 17.2. The Morgan fingerprint density at radius 1 is 1.22 bits per heavy atom. The van der Waals surface area contributed by atoms with Crippen molar-refractivity contribution in [3.63, 3.8) is 0 Å². The van der Waals surface area contributed by atoms with E-state index in [1.54, 1.807) is 0 Å². The van der Waals surface area contributed by atoms with Crippen LogP contribution in [0.4, 0.5) is 13.2 Å². The summed E-state index contributed by atoms with van der Waals surface area (Å²) in [5.41, 5.74) is 0. The minimum absolute atomic E-state index is 0.0209. The van der Waals surface area contributed by atoms with E-state index in [2.05, 4.69) is 20.7 Å². The maximum absolute atomic E-state index is 12.9. The lowest BCUT2D eigenvalue weighted by Gasteiger charge is -2.33. The van der Waals surface area contributed by atoms with Crippen molar-refractivity contribution in [1.29, 1.82) is 0 Å². The standard InChI is InChI=1S/C13H18F3N5O2/c14-13(15,16)9-3-1-2-4-10(9)20-11(22)5-18-12(23)6-21-8-17-7-19-21/h7-10H,1-6H2,(H,18,23)(H,20,22)/t9-,10-/m0/s1. The summed E-state index contributed by atoms with van der Waals surface area (Å²) >= 11 is 0. The molecule has 1 saturated carbocycles. The molecule has 0 unspecified atom stereocenters. The second kappa shape index (κ2) is 7.42. The van der Waals surface area contributed by atoms with Crippen LogP contribution in [-0.4, -0.2) is 45.3 Å². The number of alkyl halides is 3. The van der Waals surface area contributed by atoms with Gasteiger partial charge < -0.3 is 10.6 Å². The summed E-state index contributed by atoms with van der Waals surface area (Å²) < 4.78 is 40.1. The SMILES string of the molecule is O=C(Cn1cncn1)NCC(=O)N[C@H]1CCCC[C@@H]1C(F)(F)F. The second-order valence-electron chi connectivity index (χ2n) is 5.48. The average molecular weight is 333 g/mol. The van der Waals surface area contributed by atoms with Crippen molar-refractivity contribution in [2.45, 2.75) is 44.4 Å². The minimum Gasteiger partial charge on any atom is -0.351 e. The first-order valence-electron chi connectivity index (χ1n) is 7.31. The van der Waals surface area contributed by atoms with Gasteiger partial charge in [0.25, 0.3) is 0 Å². The zero-order chi connectivity index (χ0) is 16.9. The number of nitrogens with zero attached hydrogens (tertiary/aromatic N) is 3. The van der Waals surface area contributed by atoms with Crippen molar-refractivity contribution in [1.82, 2.24) is 25.4 Å². The van der Waals surface area contributed by atoms with Gasteiger partial charge in [-0.25, -0.2) is 9.67 Å². The highest BCUT2D eigenvalue weighted by Gasteiger charge is 2.45. The number of carbonyl (C=O) groups excluding carboxylic acids is 2. The van der Waals surface area contributed by atoms with Gasteiger partial charge in [0.2, 0.25) is 11.8 Å². The van der Waals surface area contributed by atoms with E-state index in [1.807, 2.05) is 0 Å². The first-order valence-corrected chi connectivity index (χ1v) is 7.31. The van der Waals surface area contributed by atoms with Crippen LogP contribution >= 0.6 is 0 Å². The number of carbonyl (C=O) groups is 2. The van der Waals surface area contributed by atoms with Gasteiger partial charge in [0.05, 0.1) is 12.5 Å². The Balaban J connectivity index is 1.78. The molecular formula is C13H18F3N5O2. The topological polar surface area (TPSA) is 88.9 Å². The molecule has 1 heterocycles. The van der Waals surface area contributed by atoms with E-state index in [0.29, 0.717) is 19.3 Å². The van der Waals surface area contributed by atoms with Crippen LogP contribution in [0.3, 0.4) is 0 Å². The Bertz CT molecular complexity index is 532. The summed E-state index contributed by atoms with van der Waals surface area (Å²) in [4.78, 5) is 27.0. The quantitative estimate of drug-likeness (QED) is 0.827. The molecule has 0 saturated heterocycles. The van der Waals surface area contributed by atoms with Crippen molar-refractivity contribution in [2.24, 2.45) is 5.92 Å². The largest absolute Gasteiger partial charge is 0.393 e. The average Bonchev–Trinajstić information content (AvgIpc) is 2.97. The number of halogens is 3. The molecule has 0 aliphatic heterocycles. The number of rotatable bonds is 5. The predicted molar refractivity (Wildman–Crippen MR) is 73.0 cm³/mol. The molecule has 1 aliphatic carbocycles. The zero-order valence-electron chi connectivity index (χ0n) is 12.3. The molecule has 7 nitrogen and oxygen atoms in total. The zero-order valence-corrected chi connectivity index (χ0v) is 12.3. The molecule has 0 radical (unpaired) electrons. The summed E-state index contributed by atoms with van der Waals surface area (Å²) in [6.45, 7) is -0.476. The Kier molecular flexibility index (Phi) is 5.56. The van der Waals surface area contributed by atoms with Gasteiger partial charge in [-0.15, -0.1) is 0 Å². The van der Waals surface area contributed by atoms with Crippen molar-refractivity contribution < 1.29 is 22.8 Å². The van der Waals surface area contributed by atoms with Crippen molar-refractivity contribution in [3.05, 3.63) is 12.7 Å². The summed E-state index contributed by atoms with van der Waals surface area (Å²) in [6.07, 6.45) is -0.248. The molecule has 10 heteroatoms. The molecule has 1 fully saturated rings. The summed E-state index contributed by atoms with van der Waals surface area (Å²) in [5, 5.41) is 8.46. The third-order valence-electron chi connectivity index (χ3n) is 3.75. The van der Waals surface area contributed by atoms with Crippen molar-refractivity contribution in [2.75, 3.05) is 6.54 Å². The van der Waals surface area contributed by atoms with Crippen LogP contribution in [0, 0.1) is 5.92 Å². The lowest BCUT2D eigenvalue weighted by molar-refractivity contribution is -0.189. The maximum atomic E-state index is 12.9. The van der Waals surface area contributed by atoms with Gasteiger partial charge in [-0.2, -0.15) is 18.3 Å². The van der Waals surface area contributed by atoms with Crippen LogP contribution in [0.25, 0.3) is 0 Å². The number of amides is 2. The summed E-state index contributed by atoms with van der Waals surface area (Å²) in [5.74, 6) is -2.62. The fourth-order valence-electron chi connectivity index (χ4n) is 2.65. The molecule has 1 aliphatic rings. The van der Waals surface area contributed by atoms with E-state index in [-0.39, 0.29) is 19.5 Å². The molecular weight excluding hydrogens is 315 g/mol. The third-order valence-corrected chi connectivity index (χ3v) is 3.75. The third kappa shape index (κ3) is 5.22. The van der Waals surface area contributed by atoms with E-state index in [0.717, 1.165) is 0 Å². The monoisotopic (exact) mass is 333 g/mol. The van der Waals surface area contributed by atoms with Gasteiger partial charge in [0, 0.05) is 6.04 Å². The predicted octanol–water partition coefficient (Wildman–Crippen LogP) is 0.632. The second-order valence-corrected chi connectivity index (χ2v) is 5.48. The first-order chi connectivity index (χ1) is 10.9. The van der Waals surface area contributed by atoms with Gasteiger partial charge in [-0.1, -0.05) is 12.8 Å². The van der Waals surface area contributed by atoms with Crippen LogP contribution in [0.1, 0.15) is 25.7 Å². The Morgan fingerprint density at radius 2 is 1.96 bits per heavy atom. The van der Waals surface area contributed by atoms with Crippen LogP contribution < -0.4 is 10.6 Å². The molecule has 23 heavy (non-hydrogen) atoms. The van der Waals surface area contributed by atoms with Crippen LogP contribution in [0.5, 0.6) is 0 Å². The molecule has 0 spiro atoms. The van der Waals surface area contributed by atoms with E-state index in [9.17, 15) is 22.8 Å². The fraction of sp³-hybridized carbons (Fsp3) is 0.692. The van der Waals surface area contributed by atoms with Gasteiger partial charge in [0.15, 0.2) is 0 Å². The van der Waals surface area contributed by atoms with E-state index >= 15 is 0 Å². The molecule has 0 bridgehead atoms. The summed E-state index contributed by atoms with van der Waals surface area (Å²) in [7, 11) is 0. The lowest BCUT2D eigenvalue weighted by Crippen LogP contribution is -2.50. The van der Waals surface area contributed by atoms with Crippen LogP contribution in [-0.2, 0) is 16.1 Å². The molecule has 128 valence electrons. The number of hydrogen-bond acceptors (Lipinski definition) is 4. The Morgan fingerprint density at radius 3 is 2.61 bits per heavy atom. The van der Waals surface area contributed by atoms with Gasteiger partial charge in [-0.3, -0.25) is 9.59 Å². The number of nitrogens with one attached hydrogen (secondary N) is 2. The maximum Gasteiger partial charge on any atom is 0.393 e. The molecule has 2 N–H and O–H groups in total. The molecule has 1 aromatic rings. The highest BCUT2D eigenvalue weighted by molar-refractivity contribution is 5.84. The van der Waals surface area contributed by atoms with Crippen molar-refractivity contribution >= 4 is 11.8 Å². The molecule has 2 amide bonds. The lowest BCUT2D eigenvalue weighted by atomic mass is 9.84. The highest BCUT2D eigenvalue weighted by Crippen LogP contribution is 2.37. The minimum atomic E-state index is -4.32. The normalized spacial score (nSPS) is 21.7. The van der Waals surface area contributed by atoms with Gasteiger partial charge in [-0.05, 0) is 12.8 Å². The number of hydrogen-bond donors (Lipinski definition) is 2. The molecule has 1 aromatic heterocycles. The molecule has 2 atom stereocenters. The summed E-state index contributed by atoms with van der Waals surface area (Å²) in [6, 6.07) is -0.927. The molecule has 2 rings (SSSR count). The highest BCUT2D eigenvalue weighted by atomic mass is 19.4. The van der Waals surface area contributed by atoms with Crippen molar-refractivity contribution in [3.8, 4) is 0 Å². The molecule has 0 aromatic carbocycles. The fourth-order valence-corrected chi connectivity index (χ4v) is 2.65. The van der Waals surface area contributed by atoms with Crippen LogP contribution in [0.15, 0.2) is 12.7 Å².